The molecule has 0 heterocycles. The maximum atomic E-state index is 10.2. The van der Waals surface area contributed by atoms with Crippen LogP contribution in [-0.2, 0) is 0 Å². The van der Waals surface area contributed by atoms with Gasteiger partial charge in [0.15, 0.2) is 0 Å². The van der Waals surface area contributed by atoms with E-state index in [9.17, 15) is 4.79 Å². The van der Waals surface area contributed by atoms with Crippen LogP contribution in [0.25, 0.3) is 0 Å². The third-order valence-corrected chi connectivity index (χ3v) is 1.21. The van der Waals surface area contributed by atoms with Gasteiger partial charge in [-0.25, -0.2) is 10.2 Å². The van der Waals surface area contributed by atoms with Crippen molar-refractivity contribution < 1.29 is 10.0 Å². The number of carbonyl (C=O) groups is 1. The van der Waals surface area contributed by atoms with E-state index in [2.05, 4.69) is 10.3 Å². The van der Waals surface area contributed by atoms with Crippen molar-refractivity contribution in [2.45, 2.75) is 20.3 Å². The highest BCUT2D eigenvalue weighted by Gasteiger charge is 2.01. The fourth-order valence-electron chi connectivity index (χ4n) is 0.602. The zero-order valence-corrected chi connectivity index (χ0v) is 7.03. The number of carbonyl (C=O) groups excluding carboxylic acids is 1. The number of nitrogens with zero attached hydrogens (tertiary/aromatic N) is 2. The SMILES string of the molecule is CCC(=N/O)/C(C)=N/NC(N)=O. The van der Waals surface area contributed by atoms with E-state index in [0.29, 0.717) is 17.8 Å². The molecule has 0 saturated heterocycles. The van der Waals surface area contributed by atoms with Crippen LogP contribution < -0.4 is 11.2 Å². The molecule has 0 aromatic rings. The van der Waals surface area contributed by atoms with Crippen LogP contribution in [0.3, 0.4) is 0 Å². The van der Waals surface area contributed by atoms with Gasteiger partial charge in [0, 0.05) is 0 Å². The van der Waals surface area contributed by atoms with Gasteiger partial charge >= 0.3 is 6.03 Å². The molecule has 0 radical (unpaired) electrons. The average molecular weight is 172 g/mol. The number of hydrogen-bond donors (Lipinski definition) is 3. The number of hydrazone groups is 1. The van der Waals surface area contributed by atoms with E-state index >= 15 is 0 Å². The molecule has 0 aliphatic carbocycles. The van der Waals surface area contributed by atoms with E-state index < -0.39 is 6.03 Å². The molecule has 6 nitrogen and oxygen atoms in total. The number of primary amides is 1. The van der Waals surface area contributed by atoms with Crippen molar-refractivity contribution in [1.82, 2.24) is 5.43 Å². The van der Waals surface area contributed by atoms with Gasteiger partial charge < -0.3 is 10.9 Å². The van der Waals surface area contributed by atoms with Gasteiger partial charge in [-0.15, -0.1) is 0 Å². The molecule has 0 spiro atoms. The molecule has 0 atom stereocenters. The second-order valence-corrected chi connectivity index (χ2v) is 2.07. The first-order valence-corrected chi connectivity index (χ1v) is 3.42. The molecule has 0 unspecified atom stereocenters. The third kappa shape index (κ3) is 3.55. The van der Waals surface area contributed by atoms with Gasteiger partial charge in [-0.3, -0.25) is 0 Å². The molecule has 2 amide bonds. The van der Waals surface area contributed by atoms with Crippen molar-refractivity contribution in [3.8, 4) is 0 Å². The normalized spacial score (nSPS) is 12.8. The number of nitrogens with two attached hydrogens (primary N) is 1. The second-order valence-electron chi connectivity index (χ2n) is 2.07. The predicted octanol–water partition coefficient (Wildman–Crippen LogP) is 0.271. The lowest BCUT2D eigenvalue weighted by atomic mass is 10.2. The van der Waals surface area contributed by atoms with Crippen LogP contribution in [-0.4, -0.2) is 22.7 Å². The summed E-state index contributed by atoms with van der Waals surface area (Å²) in [5.74, 6) is 0. The molecule has 0 aromatic carbocycles. The van der Waals surface area contributed by atoms with Crippen LogP contribution in [0.5, 0.6) is 0 Å². The molecule has 0 rings (SSSR count). The lowest BCUT2D eigenvalue weighted by Crippen LogP contribution is -2.26. The molecule has 0 aliphatic heterocycles. The summed E-state index contributed by atoms with van der Waals surface area (Å²) in [6.45, 7) is 3.41. The number of urea groups is 1. The Morgan fingerprint density at radius 2 is 2.25 bits per heavy atom. The maximum Gasteiger partial charge on any atom is 0.332 e. The van der Waals surface area contributed by atoms with Gasteiger partial charge in [0.2, 0.25) is 0 Å². The quantitative estimate of drug-likeness (QED) is 0.323. The minimum absolute atomic E-state index is 0.406. The minimum atomic E-state index is -0.747. The van der Waals surface area contributed by atoms with Crippen molar-refractivity contribution in [3.63, 3.8) is 0 Å². The summed E-state index contributed by atoms with van der Waals surface area (Å²) in [6.07, 6.45) is 0.534. The molecule has 68 valence electrons. The minimum Gasteiger partial charge on any atom is -0.411 e. The van der Waals surface area contributed by atoms with Gasteiger partial charge in [-0.2, -0.15) is 5.10 Å². The fourth-order valence-corrected chi connectivity index (χ4v) is 0.602. The predicted molar refractivity (Wildman–Crippen MR) is 45.3 cm³/mol. The Balaban J connectivity index is 4.25. The summed E-state index contributed by atoms with van der Waals surface area (Å²) in [6, 6.07) is -0.747. The molecule has 0 aromatic heterocycles. The van der Waals surface area contributed by atoms with Crippen molar-refractivity contribution in [2.75, 3.05) is 0 Å². The van der Waals surface area contributed by atoms with Crippen molar-refractivity contribution in [1.29, 1.82) is 0 Å². The Bertz CT molecular complexity index is 222. The zero-order valence-electron chi connectivity index (χ0n) is 7.03. The van der Waals surface area contributed by atoms with E-state index in [1.54, 1.807) is 13.8 Å². The molecule has 0 saturated carbocycles. The van der Waals surface area contributed by atoms with Crippen LogP contribution in [0.2, 0.25) is 0 Å². The zero-order chi connectivity index (χ0) is 9.56. The summed E-state index contributed by atoms with van der Waals surface area (Å²) in [5, 5.41) is 15.0. The van der Waals surface area contributed by atoms with Gasteiger partial charge in [0.1, 0.15) is 5.71 Å². The van der Waals surface area contributed by atoms with Crippen LogP contribution >= 0.6 is 0 Å². The molecular formula is C6H12N4O2. The molecule has 4 N–H and O–H groups in total. The first-order chi connectivity index (χ1) is 5.61. The summed E-state index contributed by atoms with van der Waals surface area (Å²) in [5.41, 5.74) is 7.63. The number of amides is 2. The van der Waals surface area contributed by atoms with Gasteiger partial charge in [0.05, 0.1) is 5.71 Å². The number of oxime groups is 1. The molecular weight excluding hydrogens is 160 g/mol. The smallest absolute Gasteiger partial charge is 0.332 e. The average Bonchev–Trinajstić information content (AvgIpc) is 2.03. The number of hydrogen-bond acceptors (Lipinski definition) is 4. The molecule has 12 heavy (non-hydrogen) atoms. The van der Waals surface area contributed by atoms with E-state index in [1.165, 1.54) is 0 Å². The lowest BCUT2D eigenvalue weighted by molar-refractivity contribution is 0.249. The molecule has 6 heteroatoms. The van der Waals surface area contributed by atoms with Crippen molar-refractivity contribution in [2.24, 2.45) is 16.0 Å². The molecule has 0 fully saturated rings. The second kappa shape index (κ2) is 5.11. The number of rotatable bonds is 3. The Kier molecular flexibility index (Phi) is 4.43. The van der Waals surface area contributed by atoms with Crippen LogP contribution in [0.4, 0.5) is 4.79 Å². The molecule has 0 bridgehead atoms. The lowest BCUT2D eigenvalue weighted by Gasteiger charge is -1.99. The third-order valence-electron chi connectivity index (χ3n) is 1.21. The Labute approximate surface area is 70.1 Å². The van der Waals surface area contributed by atoms with E-state index in [4.69, 9.17) is 10.9 Å². The van der Waals surface area contributed by atoms with Crippen LogP contribution in [0.1, 0.15) is 20.3 Å². The van der Waals surface area contributed by atoms with Crippen molar-refractivity contribution in [3.05, 3.63) is 0 Å². The van der Waals surface area contributed by atoms with E-state index in [-0.39, 0.29) is 0 Å². The van der Waals surface area contributed by atoms with E-state index in [1.807, 2.05) is 5.43 Å². The number of nitrogens with one attached hydrogen (secondary N) is 1. The Morgan fingerprint density at radius 3 is 2.58 bits per heavy atom. The highest BCUT2D eigenvalue weighted by atomic mass is 16.4. The topological polar surface area (TPSA) is 100 Å². The summed E-state index contributed by atoms with van der Waals surface area (Å²) in [7, 11) is 0. The van der Waals surface area contributed by atoms with Crippen LogP contribution in [0, 0.1) is 0 Å². The van der Waals surface area contributed by atoms with Gasteiger partial charge in [0.25, 0.3) is 0 Å². The highest BCUT2D eigenvalue weighted by molar-refractivity contribution is 6.41. The fraction of sp³-hybridized carbons (Fsp3) is 0.500. The van der Waals surface area contributed by atoms with Crippen LogP contribution in [0.15, 0.2) is 10.3 Å². The standard InChI is InChI=1S/C6H12N4O2/c1-3-5(10-12)4(2)8-9-6(7)11/h12H,3H2,1-2H3,(H3,7,9,11)/b8-4+,10-5-. The Hall–Kier alpha value is -1.59. The van der Waals surface area contributed by atoms with E-state index in [0.717, 1.165) is 0 Å². The van der Waals surface area contributed by atoms with Gasteiger partial charge in [-0.05, 0) is 13.3 Å². The first kappa shape index (κ1) is 10.4. The largest absolute Gasteiger partial charge is 0.411 e. The summed E-state index contributed by atoms with van der Waals surface area (Å²) >= 11 is 0. The summed E-state index contributed by atoms with van der Waals surface area (Å²) < 4.78 is 0. The van der Waals surface area contributed by atoms with Gasteiger partial charge in [-0.1, -0.05) is 12.1 Å². The highest BCUT2D eigenvalue weighted by Crippen LogP contribution is 1.88. The van der Waals surface area contributed by atoms with Crippen molar-refractivity contribution >= 4 is 17.5 Å². The Morgan fingerprint density at radius 1 is 1.67 bits per heavy atom. The monoisotopic (exact) mass is 172 g/mol. The molecule has 0 aliphatic rings. The summed E-state index contributed by atoms with van der Waals surface area (Å²) in [4.78, 5) is 10.2. The maximum absolute atomic E-state index is 10.2. The first-order valence-electron chi connectivity index (χ1n) is 3.42.